The minimum atomic E-state index is -1.01. The van der Waals surface area contributed by atoms with E-state index in [-0.39, 0.29) is 6.61 Å². The van der Waals surface area contributed by atoms with Crippen molar-refractivity contribution in [1.29, 1.82) is 0 Å². The van der Waals surface area contributed by atoms with Crippen molar-refractivity contribution in [2.24, 2.45) is 0 Å². The molecule has 0 radical (unpaired) electrons. The summed E-state index contributed by atoms with van der Waals surface area (Å²) in [5.41, 5.74) is 1.13. The van der Waals surface area contributed by atoms with Crippen LogP contribution >= 0.6 is 0 Å². The third kappa shape index (κ3) is 2.51. The van der Waals surface area contributed by atoms with E-state index in [4.69, 9.17) is 9.84 Å². The second kappa shape index (κ2) is 3.99. The zero-order valence-corrected chi connectivity index (χ0v) is 7.35. The lowest BCUT2D eigenvalue weighted by atomic mass is 10.3. The molecule has 13 heavy (non-hydrogen) atoms. The normalized spacial score (nSPS) is 12.8. The van der Waals surface area contributed by atoms with Crippen molar-refractivity contribution in [3.8, 4) is 0 Å². The zero-order valence-electron chi connectivity index (χ0n) is 7.35. The van der Waals surface area contributed by atoms with E-state index >= 15 is 0 Å². The van der Waals surface area contributed by atoms with Crippen LogP contribution in [0.1, 0.15) is 18.3 Å². The van der Waals surface area contributed by atoms with E-state index in [0.717, 1.165) is 0 Å². The standard InChI is InChI=1S/C7H10N2O4/c1-4-6(9-13-8-4)3-12-5(2)7(10)11/h5H,3H2,1-2H3,(H,10,11)/t5-/m0/s1. The Morgan fingerprint density at radius 3 is 2.85 bits per heavy atom. The molecule has 0 aliphatic heterocycles. The number of carbonyl (C=O) groups is 1. The topological polar surface area (TPSA) is 85.5 Å². The minimum absolute atomic E-state index is 0.100. The number of hydrogen-bond donors (Lipinski definition) is 1. The van der Waals surface area contributed by atoms with E-state index in [0.29, 0.717) is 11.4 Å². The van der Waals surface area contributed by atoms with Gasteiger partial charge in [0.15, 0.2) is 6.10 Å². The number of hydrogen-bond acceptors (Lipinski definition) is 5. The van der Waals surface area contributed by atoms with Gasteiger partial charge in [0.25, 0.3) is 0 Å². The first-order valence-corrected chi connectivity index (χ1v) is 3.73. The highest BCUT2D eigenvalue weighted by Crippen LogP contribution is 2.04. The van der Waals surface area contributed by atoms with Gasteiger partial charge >= 0.3 is 5.97 Å². The molecule has 1 rings (SSSR count). The van der Waals surface area contributed by atoms with Crippen LogP contribution in [0.25, 0.3) is 0 Å². The van der Waals surface area contributed by atoms with Crippen LogP contribution in [0.3, 0.4) is 0 Å². The van der Waals surface area contributed by atoms with Gasteiger partial charge in [-0.1, -0.05) is 10.3 Å². The van der Waals surface area contributed by atoms with E-state index in [1.54, 1.807) is 6.92 Å². The van der Waals surface area contributed by atoms with Gasteiger partial charge in [-0.2, -0.15) is 0 Å². The molecule has 0 spiro atoms. The molecular formula is C7H10N2O4. The van der Waals surface area contributed by atoms with Crippen LogP contribution in [0, 0.1) is 6.92 Å². The van der Waals surface area contributed by atoms with Crippen LogP contribution in [0.15, 0.2) is 4.63 Å². The maximum absolute atomic E-state index is 10.4. The van der Waals surface area contributed by atoms with Gasteiger partial charge in [-0.15, -0.1) is 0 Å². The number of carboxylic acid groups (broad SMARTS) is 1. The highest BCUT2D eigenvalue weighted by atomic mass is 16.6. The number of carboxylic acids is 1. The molecule has 0 saturated carbocycles. The monoisotopic (exact) mass is 186 g/mol. The highest BCUT2D eigenvalue weighted by Gasteiger charge is 2.13. The Morgan fingerprint density at radius 2 is 2.38 bits per heavy atom. The number of aromatic nitrogens is 2. The maximum atomic E-state index is 10.4. The van der Waals surface area contributed by atoms with Crippen molar-refractivity contribution >= 4 is 5.97 Å². The molecule has 0 aromatic carbocycles. The molecule has 1 aromatic heterocycles. The summed E-state index contributed by atoms with van der Waals surface area (Å²) in [6.45, 7) is 3.26. The van der Waals surface area contributed by atoms with Crippen LogP contribution in [-0.2, 0) is 16.1 Å². The predicted octanol–water partition coefficient (Wildman–Crippen LogP) is 0.368. The molecule has 0 aliphatic carbocycles. The molecule has 1 atom stereocenters. The Morgan fingerprint density at radius 1 is 1.69 bits per heavy atom. The molecule has 6 heteroatoms. The lowest BCUT2D eigenvalue weighted by molar-refractivity contribution is -0.150. The van der Waals surface area contributed by atoms with E-state index in [9.17, 15) is 4.79 Å². The van der Waals surface area contributed by atoms with Gasteiger partial charge in [-0.3, -0.25) is 0 Å². The number of rotatable bonds is 4. The highest BCUT2D eigenvalue weighted by molar-refractivity contribution is 5.71. The van der Waals surface area contributed by atoms with Gasteiger partial charge in [0, 0.05) is 0 Å². The number of aliphatic carboxylic acids is 1. The van der Waals surface area contributed by atoms with Gasteiger partial charge in [-0.05, 0) is 13.8 Å². The summed E-state index contributed by atoms with van der Waals surface area (Å²) in [6.07, 6.45) is -0.851. The van der Waals surface area contributed by atoms with Crippen LogP contribution in [-0.4, -0.2) is 27.5 Å². The summed E-state index contributed by atoms with van der Waals surface area (Å²) >= 11 is 0. The first-order valence-electron chi connectivity index (χ1n) is 3.73. The first kappa shape index (κ1) is 9.66. The van der Waals surface area contributed by atoms with Gasteiger partial charge in [-0.25, -0.2) is 9.42 Å². The van der Waals surface area contributed by atoms with Crippen molar-refractivity contribution in [3.63, 3.8) is 0 Å². The van der Waals surface area contributed by atoms with E-state index in [1.165, 1.54) is 6.92 Å². The number of ether oxygens (including phenoxy) is 1. The van der Waals surface area contributed by atoms with Gasteiger partial charge < -0.3 is 9.84 Å². The van der Waals surface area contributed by atoms with E-state index in [2.05, 4.69) is 14.9 Å². The maximum Gasteiger partial charge on any atom is 0.332 e. The molecule has 0 saturated heterocycles. The van der Waals surface area contributed by atoms with Gasteiger partial charge in [0.2, 0.25) is 0 Å². The molecule has 1 aromatic rings. The van der Waals surface area contributed by atoms with Crippen LogP contribution in [0.5, 0.6) is 0 Å². The van der Waals surface area contributed by atoms with Crippen LogP contribution in [0.2, 0.25) is 0 Å². The molecule has 0 fully saturated rings. The fourth-order valence-electron chi connectivity index (χ4n) is 0.656. The summed E-state index contributed by atoms with van der Waals surface area (Å²) in [7, 11) is 0. The Balaban J connectivity index is 2.44. The Bertz CT molecular complexity index is 296. The second-order valence-electron chi connectivity index (χ2n) is 2.59. The quantitative estimate of drug-likeness (QED) is 0.731. The molecule has 1 N–H and O–H groups in total. The Kier molecular flexibility index (Phi) is 2.97. The average molecular weight is 186 g/mol. The second-order valence-corrected chi connectivity index (χ2v) is 2.59. The van der Waals surface area contributed by atoms with Crippen molar-refractivity contribution in [2.75, 3.05) is 0 Å². The third-order valence-corrected chi connectivity index (χ3v) is 1.56. The molecule has 0 aliphatic rings. The van der Waals surface area contributed by atoms with Crippen molar-refractivity contribution in [3.05, 3.63) is 11.4 Å². The van der Waals surface area contributed by atoms with Crippen molar-refractivity contribution in [2.45, 2.75) is 26.6 Å². The lowest BCUT2D eigenvalue weighted by Gasteiger charge is -2.05. The fraction of sp³-hybridized carbons (Fsp3) is 0.571. The molecule has 0 amide bonds. The van der Waals surface area contributed by atoms with Crippen LogP contribution in [0.4, 0.5) is 0 Å². The Hall–Kier alpha value is -1.43. The predicted molar refractivity (Wildman–Crippen MR) is 40.9 cm³/mol. The molecule has 72 valence electrons. The molecule has 1 heterocycles. The largest absolute Gasteiger partial charge is 0.479 e. The molecule has 0 unspecified atom stereocenters. The molecular weight excluding hydrogens is 176 g/mol. The molecule has 6 nitrogen and oxygen atoms in total. The number of nitrogens with zero attached hydrogens (tertiary/aromatic N) is 2. The van der Waals surface area contributed by atoms with E-state index in [1.807, 2.05) is 0 Å². The lowest BCUT2D eigenvalue weighted by Crippen LogP contribution is -2.19. The zero-order chi connectivity index (χ0) is 9.84. The van der Waals surface area contributed by atoms with Crippen LogP contribution < -0.4 is 0 Å². The summed E-state index contributed by atoms with van der Waals surface area (Å²) in [5, 5.41) is 15.6. The summed E-state index contributed by atoms with van der Waals surface area (Å²) in [6, 6.07) is 0. The SMILES string of the molecule is Cc1nonc1CO[C@@H](C)C(=O)O. The fourth-order valence-corrected chi connectivity index (χ4v) is 0.656. The average Bonchev–Trinajstić information content (AvgIpc) is 2.47. The first-order chi connectivity index (χ1) is 6.11. The number of aryl methyl sites for hydroxylation is 1. The van der Waals surface area contributed by atoms with Crippen molar-refractivity contribution in [1.82, 2.24) is 10.3 Å². The van der Waals surface area contributed by atoms with Gasteiger partial charge in [0.1, 0.15) is 11.4 Å². The van der Waals surface area contributed by atoms with E-state index < -0.39 is 12.1 Å². The summed E-state index contributed by atoms with van der Waals surface area (Å²) in [4.78, 5) is 10.4. The smallest absolute Gasteiger partial charge is 0.332 e. The van der Waals surface area contributed by atoms with Crippen molar-refractivity contribution < 1.29 is 19.3 Å². The summed E-state index contributed by atoms with van der Waals surface area (Å²) in [5.74, 6) is -1.01. The van der Waals surface area contributed by atoms with Gasteiger partial charge in [0.05, 0.1) is 6.61 Å². The minimum Gasteiger partial charge on any atom is -0.479 e. The Labute approximate surface area is 74.5 Å². The molecule has 0 bridgehead atoms. The third-order valence-electron chi connectivity index (χ3n) is 1.56. The summed E-state index contributed by atoms with van der Waals surface area (Å²) < 4.78 is 9.38.